The lowest BCUT2D eigenvalue weighted by Gasteiger charge is -2.46. The van der Waals surface area contributed by atoms with Gasteiger partial charge in [0, 0.05) is 34.5 Å². The number of hydrogen-bond donors (Lipinski definition) is 3. The van der Waals surface area contributed by atoms with Gasteiger partial charge in [-0.3, -0.25) is 14.8 Å². The maximum atomic E-state index is 13.3. The molecule has 2 aliphatic heterocycles. The number of aromatic hydroxyl groups is 1. The number of carbonyl (C=O) groups excluding carboxylic acids is 1. The number of phenols is 1. The number of fused-ring (bicyclic) bond motifs is 1. The number of amides is 1. The van der Waals surface area contributed by atoms with Crippen molar-refractivity contribution in [3.8, 4) is 17.0 Å². The van der Waals surface area contributed by atoms with E-state index in [1.165, 1.54) is 0 Å². The molecule has 1 aromatic heterocycles. The van der Waals surface area contributed by atoms with Gasteiger partial charge in [0.05, 0.1) is 23.5 Å². The Morgan fingerprint density at radius 3 is 2.45 bits per heavy atom. The largest absolute Gasteiger partial charge is 0.508 e. The van der Waals surface area contributed by atoms with Gasteiger partial charge in [0.15, 0.2) is 0 Å². The van der Waals surface area contributed by atoms with Crippen LogP contribution in [-0.2, 0) is 6.54 Å². The Labute approximate surface area is 171 Å². The summed E-state index contributed by atoms with van der Waals surface area (Å²) in [6.45, 7) is 9.17. The number of aliphatic imine (C=N–C) groups is 1. The van der Waals surface area contributed by atoms with Gasteiger partial charge in [-0.1, -0.05) is 0 Å². The van der Waals surface area contributed by atoms with Gasteiger partial charge < -0.3 is 15.7 Å². The van der Waals surface area contributed by atoms with Crippen LogP contribution in [0.15, 0.2) is 35.3 Å². The summed E-state index contributed by atoms with van der Waals surface area (Å²) in [7, 11) is 0. The predicted molar refractivity (Wildman–Crippen MR) is 114 cm³/mol. The summed E-state index contributed by atoms with van der Waals surface area (Å²) < 4.78 is 0. The molecular weight excluding hydrogens is 364 g/mol. The fourth-order valence-electron chi connectivity index (χ4n) is 4.75. The number of piperidine rings is 1. The highest BCUT2D eigenvalue weighted by Crippen LogP contribution is 2.30. The number of rotatable bonds is 3. The predicted octanol–water partition coefficient (Wildman–Crippen LogP) is 3.43. The van der Waals surface area contributed by atoms with E-state index < -0.39 is 0 Å². The van der Waals surface area contributed by atoms with E-state index in [9.17, 15) is 9.90 Å². The van der Waals surface area contributed by atoms with Crippen LogP contribution in [0.5, 0.6) is 5.75 Å². The highest BCUT2D eigenvalue weighted by atomic mass is 16.3. The van der Waals surface area contributed by atoms with Crippen LogP contribution < -0.4 is 10.6 Å². The van der Waals surface area contributed by atoms with E-state index in [4.69, 9.17) is 4.98 Å². The van der Waals surface area contributed by atoms with Gasteiger partial charge in [0.25, 0.3) is 5.91 Å². The third kappa shape index (κ3) is 4.17. The fourth-order valence-corrected chi connectivity index (χ4v) is 4.75. The zero-order chi connectivity index (χ0) is 20.8. The summed E-state index contributed by atoms with van der Waals surface area (Å²) in [5.41, 5.74) is 3.70. The summed E-state index contributed by atoms with van der Waals surface area (Å²) >= 11 is 0. The van der Waals surface area contributed by atoms with Gasteiger partial charge in [-0.2, -0.15) is 0 Å². The Morgan fingerprint density at radius 1 is 1.14 bits per heavy atom. The number of phenolic OH excluding ortho intramolecular Hbond substituents is 1. The molecule has 4 rings (SSSR count). The highest BCUT2D eigenvalue weighted by Gasteiger charge is 2.38. The molecule has 2 aliphatic rings. The maximum Gasteiger partial charge on any atom is 0.252 e. The molecule has 1 amide bonds. The molecule has 1 saturated heterocycles. The molecule has 0 spiro atoms. The molecule has 0 aliphatic carbocycles. The minimum atomic E-state index is -0.0875. The van der Waals surface area contributed by atoms with E-state index in [1.54, 1.807) is 30.5 Å². The molecule has 3 heterocycles. The first-order valence-electron chi connectivity index (χ1n) is 10.1. The summed E-state index contributed by atoms with van der Waals surface area (Å²) in [6, 6.07) is 8.78. The first-order chi connectivity index (χ1) is 13.6. The standard InChI is InChI=1S/C23H28N4O2/c1-22(2)10-15(11-23(3,4)27-22)25-21(29)17-9-19(14-5-7-16(28)8-6-14)26-20-13-24-12-18(17)20/h5-9,12,15,27-28H,10-11,13H2,1-4H3,(H,25,29). The van der Waals surface area contributed by atoms with Gasteiger partial charge in [0.1, 0.15) is 5.75 Å². The lowest BCUT2D eigenvalue weighted by molar-refractivity contribution is 0.0873. The molecule has 0 radical (unpaired) electrons. The van der Waals surface area contributed by atoms with Crippen molar-refractivity contribution < 1.29 is 9.90 Å². The van der Waals surface area contributed by atoms with Gasteiger partial charge in [0.2, 0.25) is 0 Å². The monoisotopic (exact) mass is 392 g/mol. The van der Waals surface area contributed by atoms with Crippen LogP contribution in [-0.4, -0.2) is 39.3 Å². The van der Waals surface area contributed by atoms with Crippen LogP contribution in [0, 0.1) is 0 Å². The topological polar surface area (TPSA) is 86.6 Å². The zero-order valence-electron chi connectivity index (χ0n) is 17.4. The minimum Gasteiger partial charge on any atom is -0.508 e. The summed E-state index contributed by atoms with van der Waals surface area (Å²) in [5, 5.41) is 16.5. The number of aromatic nitrogens is 1. The summed E-state index contributed by atoms with van der Waals surface area (Å²) in [6.07, 6.45) is 3.48. The average Bonchev–Trinajstić information content (AvgIpc) is 3.07. The Morgan fingerprint density at radius 2 is 1.79 bits per heavy atom. The number of nitrogens with zero attached hydrogens (tertiary/aromatic N) is 2. The smallest absolute Gasteiger partial charge is 0.252 e. The third-order valence-corrected chi connectivity index (χ3v) is 5.53. The number of hydrogen-bond acceptors (Lipinski definition) is 5. The van der Waals surface area contributed by atoms with Crippen molar-refractivity contribution in [3.63, 3.8) is 0 Å². The van der Waals surface area contributed by atoms with E-state index in [0.717, 1.165) is 29.7 Å². The molecule has 1 fully saturated rings. The molecule has 2 aromatic rings. The summed E-state index contributed by atoms with van der Waals surface area (Å²) in [4.78, 5) is 22.3. The molecule has 0 bridgehead atoms. The quantitative estimate of drug-likeness (QED) is 0.747. The van der Waals surface area contributed by atoms with Gasteiger partial charge in [-0.25, -0.2) is 0 Å². The third-order valence-electron chi connectivity index (χ3n) is 5.53. The van der Waals surface area contributed by atoms with E-state index in [0.29, 0.717) is 17.8 Å². The Hall–Kier alpha value is -2.73. The van der Waals surface area contributed by atoms with Crippen LogP contribution in [0.1, 0.15) is 62.2 Å². The maximum absolute atomic E-state index is 13.3. The van der Waals surface area contributed by atoms with Gasteiger partial charge in [-0.05, 0) is 70.9 Å². The van der Waals surface area contributed by atoms with Crippen molar-refractivity contribution in [2.24, 2.45) is 4.99 Å². The van der Waals surface area contributed by atoms with E-state index in [2.05, 4.69) is 43.3 Å². The summed E-state index contributed by atoms with van der Waals surface area (Å²) in [5.74, 6) is 0.114. The molecule has 152 valence electrons. The van der Waals surface area contributed by atoms with Gasteiger partial charge in [-0.15, -0.1) is 0 Å². The lowest BCUT2D eigenvalue weighted by atomic mass is 9.79. The van der Waals surface area contributed by atoms with Crippen molar-refractivity contribution >= 4 is 12.1 Å². The van der Waals surface area contributed by atoms with Crippen molar-refractivity contribution in [2.75, 3.05) is 0 Å². The second kappa shape index (κ2) is 6.95. The molecule has 0 unspecified atom stereocenters. The fraction of sp³-hybridized carbons (Fsp3) is 0.435. The van der Waals surface area contributed by atoms with Crippen LogP contribution in [0.4, 0.5) is 0 Å². The molecule has 1 aromatic carbocycles. The van der Waals surface area contributed by atoms with Gasteiger partial charge >= 0.3 is 0 Å². The number of benzene rings is 1. The van der Waals surface area contributed by atoms with E-state index in [-0.39, 0.29) is 28.8 Å². The molecule has 6 nitrogen and oxygen atoms in total. The molecule has 0 saturated carbocycles. The Kier molecular flexibility index (Phi) is 4.69. The highest BCUT2D eigenvalue weighted by molar-refractivity contribution is 6.04. The molecular formula is C23H28N4O2. The van der Waals surface area contributed by atoms with Crippen molar-refractivity contribution in [1.82, 2.24) is 15.6 Å². The van der Waals surface area contributed by atoms with Crippen LogP contribution in [0.2, 0.25) is 0 Å². The second-order valence-electron chi connectivity index (χ2n) is 9.40. The number of pyridine rings is 1. The van der Waals surface area contributed by atoms with Crippen molar-refractivity contribution in [3.05, 3.63) is 47.2 Å². The van der Waals surface area contributed by atoms with Crippen LogP contribution in [0.25, 0.3) is 11.3 Å². The molecule has 3 N–H and O–H groups in total. The average molecular weight is 393 g/mol. The Bertz CT molecular complexity index is 961. The molecule has 29 heavy (non-hydrogen) atoms. The lowest BCUT2D eigenvalue weighted by Crippen LogP contribution is -2.62. The van der Waals surface area contributed by atoms with Crippen molar-refractivity contribution in [2.45, 2.75) is 64.2 Å². The molecule has 0 atom stereocenters. The van der Waals surface area contributed by atoms with Crippen LogP contribution >= 0.6 is 0 Å². The van der Waals surface area contributed by atoms with Crippen LogP contribution in [0.3, 0.4) is 0 Å². The van der Waals surface area contributed by atoms with E-state index in [1.807, 2.05) is 6.07 Å². The normalized spacial score (nSPS) is 19.7. The first kappa shape index (κ1) is 19.6. The number of nitrogens with one attached hydrogen (secondary N) is 2. The number of carbonyl (C=O) groups is 1. The van der Waals surface area contributed by atoms with E-state index >= 15 is 0 Å². The molecule has 6 heteroatoms. The second-order valence-corrected chi connectivity index (χ2v) is 9.40. The first-order valence-corrected chi connectivity index (χ1v) is 10.1. The minimum absolute atomic E-state index is 0.0431. The van der Waals surface area contributed by atoms with Crippen molar-refractivity contribution in [1.29, 1.82) is 0 Å². The Balaban J connectivity index is 1.64. The SMILES string of the molecule is CC1(C)CC(NC(=O)c2cc(-c3ccc(O)cc3)nc3c2C=NC3)CC(C)(C)N1. The zero-order valence-corrected chi connectivity index (χ0v) is 17.4.